The minimum absolute atomic E-state index is 0.257. The topological polar surface area (TPSA) is 77.8 Å². The summed E-state index contributed by atoms with van der Waals surface area (Å²) in [5.41, 5.74) is 0. The number of hydrogen-bond donors (Lipinski definition) is 3. The van der Waals surface area contributed by atoms with E-state index in [1.165, 1.54) is 51.4 Å². The number of rotatable bonds is 12. The van der Waals surface area contributed by atoms with Gasteiger partial charge in [-0.15, -0.1) is 0 Å². The maximum Gasteiger partial charge on any atom is 0.466 e. The monoisotopic (exact) mass is 466 g/mol. The standard InChI is InChI=1S/2C8H17.Nd.H3O4P/c2*1-4-6-7-8(3)5-2;;1-5(2,3)4/h2*8H,3-7H2,1-2H3;;(H3,1,2,3,4). The average Bonchev–Trinajstić information content (AvgIpc) is 2.44. The minimum atomic E-state index is -4.64. The van der Waals surface area contributed by atoms with Crippen molar-refractivity contribution in [3.05, 3.63) is 0 Å². The van der Waals surface area contributed by atoms with Gasteiger partial charge < -0.3 is 14.7 Å². The van der Waals surface area contributed by atoms with E-state index in [0.717, 1.165) is 11.8 Å². The molecule has 0 bridgehead atoms. The molecule has 0 aromatic rings. The number of hydrogen-bond acceptors (Lipinski definition) is 1. The Balaban J connectivity index is 0. The van der Waals surface area contributed by atoms with Gasteiger partial charge in [-0.05, 0) is 0 Å². The molecule has 6 heteroatoms. The summed E-state index contributed by atoms with van der Waals surface area (Å²) in [5.74, 6) is 2.20. The van der Waals surface area contributed by atoms with Crippen LogP contribution in [0.1, 0.15) is 79.1 Å². The van der Waals surface area contributed by atoms with Gasteiger partial charge in [0.15, 0.2) is 0 Å². The van der Waals surface area contributed by atoms with E-state index in [4.69, 9.17) is 19.2 Å². The van der Waals surface area contributed by atoms with Gasteiger partial charge in [0.05, 0.1) is 0 Å². The zero-order valence-corrected chi connectivity index (χ0v) is 19.0. The fourth-order valence-electron chi connectivity index (χ4n) is 2.38. The Labute approximate surface area is 157 Å². The van der Waals surface area contributed by atoms with Crippen molar-refractivity contribution in [2.24, 2.45) is 11.8 Å². The van der Waals surface area contributed by atoms with Gasteiger partial charge in [-0.2, -0.15) is 0 Å². The van der Waals surface area contributed by atoms with Gasteiger partial charge in [0.1, 0.15) is 0 Å². The molecule has 22 heavy (non-hydrogen) atoms. The van der Waals surface area contributed by atoms with Crippen molar-refractivity contribution in [1.29, 1.82) is 0 Å². The van der Waals surface area contributed by atoms with E-state index in [0.29, 0.717) is 0 Å². The van der Waals surface area contributed by atoms with Gasteiger partial charge in [-0.3, -0.25) is 0 Å². The molecule has 0 heterocycles. The predicted octanol–water partition coefficient (Wildman–Crippen LogP) is 5.41. The molecular formula is C16H37NdO4P. The first kappa shape index (κ1) is 25.7. The zero-order chi connectivity index (χ0) is 17.4. The summed E-state index contributed by atoms with van der Waals surface area (Å²) in [6.07, 6.45) is 11.6. The molecule has 0 spiro atoms. The molecule has 0 amide bonds. The number of phosphoric acid groups is 1. The van der Waals surface area contributed by atoms with E-state index in [2.05, 4.69) is 27.7 Å². The second-order valence-electron chi connectivity index (χ2n) is 6.00. The summed E-state index contributed by atoms with van der Waals surface area (Å²) < 4.78 is 12.2. The fraction of sp³-hybridized carbons (Fsp3) is 1.00. The van der Waals surface area contributed by atoms with E-state index in [1.807, 2.05) is 0 Å². The largest absolute Gasteiger partial charge is 0.466 e. The van der Waals surface area contributed by atoms with Crippen molar-refractivity contribution in [2.45, 2.75) is 83.2 Å². The summed E-state index contributed by atoms with van der Waals surface area (Å²) in [7, 11) is -4.64. The second-order valence-corrected chi connectivity index (χ2v) is 11.3. The summed E-state index contributed by atoms with van der Waals surface area (Å²) in [5, 5.41) is 0. The van der Waals surface area contributed by atoms with Crippen molar-refractivity contribution in [3.63, 3.8) is 0 Å². The third-order valence-corrected chi connectivity index (χ3v) is 9.51. The van der Waals surface area contributed by atoms with Crippen LogP contribution in [0, 0.1) is 48.5 Å². The summed E-state index contributed by atoms with van der Waals surface area (Å²) in [6.45, 7) is 9.45. The van der Waals surface area contributed by atoms with E-state index < -0.39 is 7.82 Å². The van der Waals surface area contributed by atoms with Gasteiger partial charge in [0.25, 0.3) is 0 Å². The molecule has 0 aliphatic heterocycles. The Morgan fingerprint density at radius 2 is 1.14 bits per heavy atom. The third kappa shape index (κ3) is 23.7. The molecule has 0 saturated heterocycles. The molecular weight excluding hydrogens is 431 g/mol. The van der Waals surface area contributed by atoms with Crippen LogP contribution in [-0.4, -0.2) is 14.7 Å². The number of unbranched alkanes of at least 4 members (excludes halogenated alkanes) is 2. The van der Waals surface area contributed by atoms with E-state index in [-0.39, 0.29) is 36.7 Å². The molecule has 2 unspecified atom stereocenters. The van der Waals surface area contributed by atoms with Gasteiger partial charge in [0.2, 0.25) is 0 Å². The van der Waals surface area contributed by atoms with Gasteiger partial charge in [-0.1, -0.05) is 0 Å². The van der Waals surface area contributed by atoms with Crippen LogP contribution < -0.4 is 0 Å². The molecule has 0 aliphatic rings. The first-order chi connectivity index (χ1) is 10.3. The third-order valence-electron chi connectivity index (χ3n) is 3.95. The average molecular weight is 469 g/mol. The normalized spacial score (nSPS) is 14.0. The van der Waals surface area contributed by atoms with Crippen LogP contribution in [0.15, 0.2) is 0 Å². The van der Waals surface area contributed by atoms with Crippen LogP contribution in [0.2, 0.25) is 4.14 Å². The molecule has 0 radical (unpaired) electrons. The SMILES string of the molecule is CCCCC(CC)[CH2][Nd][CH2]C(CC)CCCC.O=P(O)(O)O. The van der Waals surface area contributed by atoms with Crippen LogP contribution in [0.5, 0.6) is 0 Å². The molecule has 0 aliphatic carbocycles. The quantitative estimate of drug-likeness (QED) is 0.335. The van der Waals surface area contributed by atoms with Crippen molar-refractivity contribution >= 4 is 7.82 Å². The molecule has 0 aromatic carbocycles. The summed E-state index contributed by atoms with van der Waals surface area (Å²) in [4.78, 5) is 21.6. The molecule has 0 rings (SSSR count). The first-order valence-electron chi connectivity index (χ1n) is 8.77. The Morgan fingerprint density at radius 1 is 0.818 bits per heavy atom. The fourth-order valence-corrected chi connectivity index (χ4v) is 8.69. The van der Waals surface area contributed by atoms with Crippen LogP contribution in [-0.2, 0) is 4.57 Å². The van der Waals surface area contributed by atoms with E-state index in [1.54, 1.807) is 4.14 Å². The second kappa shape index (κ2) is 17.3. The van der Waals surface area contributed by atoms with Crippen molar-refractivity contribution in [1.82, 2.24) is 0 Å². The van der Waals surface area contributed by atoms with Crippen molar-refractivity contribution < 1.29 is 56.0 Å². The Morgan fingerprint density at radius 3 is 1.36 bits per heavy atom. The zero-order valence-electron chi connectivity index (χ0n) is 14.9. The van der Waals surface area contributed by atoms with Gasteiger partial charge in [0, 0.05) is 0 Å². The van der Waals surface area contributed by atoms with Crippen LogP contribution in [0.25, 0.3) is 0 Å². The Kier molecular flexibility index (Phi) is 20.2. The first-order valence-corrected chi connectivity index (χ1v) is 14.9. The van der Waals surface area contributed by atoms with Crippen LogP contribution >= 0.6 is 7.82 Å². The molecule has 2 atom stereocenters. The van der Waals surface area contributed by atoms with E-state index >= 15 is 0 Å². The maximum atomic E-state index is 8.88. The maximum absolute atomic E-state index is 8.88. The Hall–Kier alpha value is 1.46. The molecule has 4 nitrogen and oxygen atoms in total. The van der Waals surface area contributed by atoms with E-state index in [9.17, 15) is 0 Å². The van der Waals surface area contributed by atoms with Crippen molar-refractivity contribution in [2.75, 3.05) is 0 Å². The van der Waals surface area contributed by atoms with Crippen molar-refractivity contribution in [3.8, 4) is 0 Å². The van der Waals surface area contributed by atoms with Crippen LogP contribution in [0.4, 0.5) is 0 Å². The Bertz CT molecular complexity index is 247. The summed E-state index contributed by atoms with van der Waals surface area (Å²) in [6, 6.07) is 0. The van der Waals surface area contributed by atoms with Crippen LogP contribution in [0.3, 0.4) is 0 Å². The predicted molar refractivity (Wildman–Crippen MR) is 90.5 cm³/mol. The summed E-state index contributed by atoms with van der Waals surface area (Å²) >= 11 is -0.257. The molecule has 0 saturated carbocycles. The molecule has 0 fully saturated rings. The molecule has 3 N–H and O–H groups in total. The van der Waals surface area contributed by atoms with Gasteiger partial charge in [-0.25, -0.2) is 4.57 Å². The molecule has 134 valence electrons. The minimum Gasteiger partial charge on any atom is -0.303 e. The van der Waals surface area contributed by atoms with Gasteiger partial charge >= 0.3 is 140 Å². The molecule has 0 aromatic heterocycles. The smallest absolute Gasteiger partial charge is 0.303 e.